The molecule has 9 nitrogen and oxygen atoms in total. The van der Waals surface area contributed by atoms with E-state index in [0.29, 0.717) is 22.8 Å². The Hall–Kier alpha value is -4.40. The van der Waals surface area contributed by atoms with Gasteiger partial charge in [0.05, 0.1) is 26.2 Å². The summed E-state index contributed by atoms with van der Waals surface area (Å²) in [5, 5.41) is 7.95. The van der Waals surface area contributed by atoms with E-state index in [2.05, 4.69) is 15.4 Å². The fourth-order valence-electron chi connectivity index (χ4n) is 3.35. The summed E-state index contributed by atoms with van der Waals surface area (Å²) in [6.07, 6.45) is 5.66. The van der Waals surface area contributed by atoms with Crippen molar-refractivity contribution in [1.29, 1.82) is 0 Å². The van der Waals surface area contributed by atoms with Crippen molar-refractivity contribution in [3.63, 3.8) is 0 Å². The molecule has 0 bridgehead atoms. The molecule has 0 spiro atoms. The molecule has 168 valence electrons. The van der Waals surface area contributed by atoms with Crippen molar-refractivity contribution >= 4 is 34.7 Å². The number of ether oxygens (including phenoxy) is 2. The molecule has 1 aromatic carbocycles. The number of pyridine rings is 1. The summed E-state index contributed by atoms with van der Waals surface area (Å²) < 4.78 is 17.2. The van der Waals surface area contributed by atoms with E-state index < -0.39 is 11.9 Å². The lowest BCUT2D eigenvalue weighted by Crippen LogP contribution is -2.16. The number of esters is 1. The van der Waals surface area contributed by atoms with E-state index in [4.69, 9.17) is 13.9 Å². The molecule has 0 atom stereocenters. The molecule has 33 heavy (non-hydrogen) atoms. The number of nitrogens with zero attached hydrogens (tertiary/aromatic N) is 3. The molecule has 4 aromatic rings. The van der Waals surface area contributed by atoms with Gasteiger partial charge in [-0.2, -0.15) is 9.78 Å². The van der Waals surface area contributed by atoms with E-state index in [1.54, 1.807) is 26.2 Å². The Kier molecular flexibility index (Phi) is 6.21. The maximum absolute atomic E-state index is 12.6. The van der Waals surface area contributed by atoms with Crippen LogP contribution in [0.25, 0.3) is 22.8 Å². The van der Waals surface area contributed by atoms with E-state index in [1.807, 2.05) is 31.2 Å². The van der Waals surface area contributed by atoms with Crippen molar-refractivity contribution in [2.75, 3.05) is 19.0 Å². The third-order valence-corrected chi connectivity index (χ3v) is 4.88. The number of methoxy groups -OCH3 is 1. The SMILES string of the molecule is CCOC(=O)c1cnn(-c2cc(C)c3cccc(OC)c3n2)c1NC(=O)/C=C/c1ccco1. The Morgan fingerprint density at radius 2 is 2.09 bits per heavy atom. The van der Waals surface area contributed by atoms with Gasteiger partial charge in [0.15, 0.2) is 11.6 Å². The number of rotatable bonds is 7. The smallest absolute Gasteiger partial charge is 0.343 e. The quantitative estimate of drug-likeness (QED) is 0.335. The molecule has 0 unspecified atom stereocenters. The number of benzene rings is 1. The summed E-state index contributed by atoms with van der Waals surface area (Å²) in [7, 11) is 1.57. The van der Waals surface area contributed by atoms with Crippen molar-refractivity contribution in [2.24, 2.45) is 0 Å². The zero-order chi connectivity index (χ0) is 23.4. The van der Waals surface area contributed by atoms with Gasteiger partial charge in [0, 0.05) is 11.5 Å². The first kappa shape index (κ1) is 21.8. The first-order valence-electron chi connectivity index (χ1n) is 10.2. The molecule has 9 heteroatoms. The minimum absolute atomic E-state index is 0.108. The highest BCUT2D eigenvalue weighted by Crippen LogP contribution is 2.29. The highest BCUT2D eigenvalue weighted by Gasteiger charge is 2.22. The second-order valence-corrected chi connectivity index (χ2v) is 7.03. The van der Waals surface area contributed by atoms with Crippen LogP contribution in [0.1, 0.15) is 28.6 Å². The maximum Gasteiger partial charge on any atom is 0.343 e. The van der Waals surface area contributed by atoms with Crippen LogP contribution in [0, 0.1) is 6.92 Å². The van der Waals surface area contributed by atoms with Crippen LogP contribution in [0.15, 0.2) is 59.4 Å². The van der Waals surface area contributed by atoms with Gasteiger partial charge in [0.1, 0.15) is 22.6 Å². The molecule has 0 saturated carbocycles. The maximum atomic E-state index is 12.6. The summed E-state index contributed by atoms with van der Waals surface area (Å²) >= 11 is 0. The molecule has 0 aliphatic heterocycles. The average Bonchev–Trinajstić information content (AvgIpc) is 3.47. The molecule has 0 saturated heterocycles. The number of carbonyl (C=O) groups excluding carboxylic acids is 2. The van der Waals surface area contributed by atoms with Gasteiger partial charge >= 0.3 is 5.97 Å². The number of furan rings is 1. The number of fused-ring (bicyclic) bond motifs is 1. The minimum atomic E-state index is -0.607. The zero-order valence-electron chi connectivity index (χ0n) is 18.4. The van der Waals surface area contributed by atoms with Crippen LogP contribution in [0.3, 0.4) is 0 Å². The summed E-state index contributed by atoms with van der Waals surface area (Å²) in [6.45, 7) is 3.82. The molecular formula is C24H22N4O5. The Balaban J connectivity index is 1.78. The molecule has 4 rings (SSSR count). The minimum Gasteiger partial charge on any atom is -0.494 e. The van der Waals surface area contributed by atoms with Gasteiger partial charge in [0.25, 0.3) is 0 Å². The van der Waals surface area contributed by atoms with E-state index in [-0.39, 0.29) is 18.0 Å². The van der Waals surface area contributed by atoms with Crippen LogP contribution in [-0.4, -0.2) is 40.4 Å². The van der Waals surface area contributed by atoms with E-state index in [0.717, 1.165) is 10.9 Å². The average molecular weight is 446 g/mol. The molecule has 0 aliphatic rings. The molecule has 0 radical (unpaired) electrons. The highest BCUT2D eigenvalue weighted by molar-refractivity contribution is 6.05. The van der Waals surface area contributed by atoms with Crippen LogP contribution in [0.2, 0.25) is 0 Å². The van der Waals surface area contributed by atoms with Gasteiger partial charge in [0.2, 0.25) is 5.91 Å². The molecular weight excluding hydrogens is 424 g/mol. The second-order valence-electron chi connectivity index (χ2n) is 7.03. The number of para-hydroxylation sites is 1. The van der Waals surface area contributed by atoms with Gasteiger partial charge in [-0.3, -0.25) is 4.79 Å². The molecule has 3 aromatic heterocycles. The Morgan fingerprint density at radius 3 is 2.82 bits per heavy atom. The second kappa shape index (κ2) is 9.39. The number of aryl methyl sites for hydroxylation is 1. The van der Waals surface area contributed by atoms with Gasteiger partial charge < -0.3 is 19.2 Å². The lowest BCUT2D eigenvalue weighted by molar-refractivity contribution is -0.111. The number of hydrogen-bond donors (Lipinski definition) is 1. The van der Waals surface area contributed by atoms with Crippen molar-refractivity contribution in [3.05, 3.63) is 71.8 Å². The number of hydrogen-bond acceptors (Lipinski definition) is 7. The summed E-state index contributed by atoms with van der Waals surface area (Å²) in [6, 6.07) is 10.9. The number of carbonyl (C=O) groups is 2. The number of anilines is 1. The summed E-state index contributed by atoms with van der Waals surface area (Å²) in [5.74, 6) is 0.581. The van der Waals surface area contributed by atoms with Crippen LogP contribution in [-0.2, 0) is 9.53 Å². The Bertz CT molecular complexity index is 1340. The molecule has 1 N–H and O–H groups in total. The number of amides is 1. The molecule has 0 fully saturated rings. The van der Waals surface area contributed by atoms with Gasteiger partial charge in [-0.25, -0.2) is 9.78 Å². The Morgan fingerprint density at radius 1 is 1.24 bits per heavy atom. The lowest BCUT2D eigenvalue weighted by atomic mass is 10.1. The molecule has 0 aliphatic carbocycles. The van der Waals surface area contributed by atoms with Crippen LogP contribution >= 0.6 is 0 Å². The van der Waals surface area contributed by atoms with E-state index in [9.17, 15) is 9.59 Å². The van der Waals surface area contributed by atoms with Crippen LogP contribution in [0.4, 0.5) is 5.82 Å². The first-order chi connectivity index (χ1) is 16.0. The van der Waals surface area contributed by atoms with E-state index >= 15 is 0 Å². The summed E-state index contributed by atoms with van der Waals surface area (Å²) in [5.41, 5.74) is 1.67. The van der Waals surface area contributed by atoms with Crippen molar-refractivity contribution < 1.29 is 23.5 Å². The molecule has 3 heterocycles. The third kappa shape index (κ3) is 4.47. The van der Waals surface area contributed by atoms with Crippen molar-refractivity contribution in [2.45, 2.75) is 13.8 Å². The number of aromatic nitrogens is 3. The topological polar surface area (TPSA) is 108 Å². The first-order valence-corrected chi connectivity index (χ1v) is 10.2. The van der Waals surface area contributed by atoms with Gasteiger partial charge in [-0.15, -0.1) is 0 Å². The van der Waals surface area contributed by atoms with Gasteiger partial charge in [-0.1, -0.05) is 12.1 Å². The fraction of sp³-hybridized carbons (Fsp3) is 0.167. The Labute approximate surface area is 189 Å². The van der Waals surface area contributed by atoms with Gasteiger partial charge in [-0.05, 0) is 49.8 Å². The van der Waals surface area contributed by atoms with Crippen molar-refractivity contribution in [3.8, 4) is 11.6 Å². The fourth-order valence-corrected chi connectivity index (χ4v) is 3.35. The van der Waals surface area contributed by atoms with Crippen molar-refractivity contribution in [1.82, 2.24) is 14.8 Å². The monoisotopic (exact) mass is 446 g/mol. The standard InChI is InChI=1S/C24H22N4O5/c1-4-32-24(30)18-14-25-28(23(18)27-21(29)11-10-16-7-6-12-33-16)20-13-15(2)17-8-5-9-19(31-3)22(17)26-20/h5-14H,4H2,1-3H3,(H,27,29)/b11-10+. The predicted molar refractivity (Wildman–Crippen MR) is 122 cm³/mol. The normalized spacial score (nSPS) is 11.1. The number of nitrogens with one attached hydrogen (secondary N) is 1. The largest absolute Gasteiger partial charge is 0.494 e. The molecule has 1 amide bonds. The highest BCUT2D eigenvalue weighted by atomic mass is 16.5. The van der Waals surface area contributed by atoms with E-state index in [1.165, 1.54) is 29.3 Å². The zero-order valence-corrected chi connectivity index (χ0v) is 18.4. The third-order valence-electron chi connectivity index (χ3n) is 4.88. The van der Waals surface area contributed by atoms with Crippen LogP contribution < -0.4 is 10.1 Å². The summed E-state index contributed by atoms with van der Waals surface area (Å²) in [4.78, 5) is 29.8. The predicted octanol–water partition coefficient (Wildman–Crippen LogP) is 4.16. The van der Waals surface area contributed by atoms with Crippen LogP contribution in [0.5, 0.6) is 5.75 Å². The lowest BCUT2D eigenvalue weighted by Gasteiger charge is -2.12.